The number of benzene rings is 2. The smallest absolute Gasteiger partial charge is 0.257 e. The summed E-state index contributed by atoms with van der Waals surface area (Å²) in [7, 11) is 3.91. The first kappa shape index (κ1) is 18.3. The number of anilines is 4. The van der Waals surface area contributed by atoms with E-state index in [-0.39, 0.29) is 11.3 Å². The Balaban J connectivity index is 1.73. The van der Waals surface area contributed by atoms with E-state index in [9.17, 15) is 13.6 Å². The third-order valence-electron chi connectivity index (χ3n) is 3.85. The molecule has 0 radical (unpaired) electrons. The van der Waals surface area contributed by atoms with Crippen LogP contribution in [0.3, 0.4) is 0 Å². The predicted octanol–water partition coefficient (Wildman–Crippen LogP) is 4.42. The van der Waals surface area contributed by atoms with Gasteiger partial charge in [-0.25, -0.2) is 8.78 Å². The molecule has 0 aliphatic carbocycles. The summed E-state index contributed by atoms with van der Waals surface area (Å²) < 4.78 is 26.7. The summed E-state index contributed by atoms with van der Waals surface area (Å²) in [6, 6.07) is 12.3. The van der Waals surface area contributed by atoms with Crippen molar-refractivity contribution in [2.45, 2.75) is 0 Å². The fourth-order valence-electron chi connectivity index (χ4n) is 2.43. The molecule has 0 unspecified atom stereocenters. The van der Waals surface area contributed by atoms with Gasteiger partial charge in [-0.3, -0.25) is 9.78 Å². The van der Waals surface area contributed by atoms with Crippen molar-refractivity contribution in [2.24, 2.45) is 0 Å². The zero-order chi connectivity index (χ0) is 19.4. The molecule has 3 aromatic rings. The first-order chi connectivity index (χ1) is 12.9. The van der Waals surface area contributed by atoms with Crippen LogP contribution in [0.25, 0.3) is 0 Å². The maximum Gasteiger partial charge on any atom is 0.257 e. The van der Waals surface area contributed by atoms with E-state index < -0.39 is 17.5 Å². The van der Waals surface area contributed by atoms with Gasteiger partial charge in [-0.15, -0.1) is 0 Å². The molecule has 0 saturated carbocycles. The molecular formula is C20H18F2N4O. The van der Waals surface area contributed by atoms with Crippen molar-refractivity contribution >= 4 is 28.7 Å². The van der Waals surface area contributed by atoms with Crippen molar-refractivity contribution in [3.63, 3.8) is 0 Å². The summed E-state index contributed by atoms with van der Waals surface area (Å²) >= 11 is 0. The van der Waals surface area contributed by atoms with Crippen LogP contribution in [0.2, 0.25) is 0 Å². The number of aromatic nitrogens is 1. The van der Waals surface area contributed by atoms with Crippen LogP contribution in [0.1, 0.15) is 10.4 Å². The average molecular weight is 368 g/mol. The Kier molecular flexibility index (Phi) is 5.30. The van der Waals surface area contributed by atoms with Gasteiger partial charge in [0.1, 0.15) is 11.6 Å². The minimum absolute atomic E-state index is 0.0981. The van der Waals surface area contributed by atoms with Crippen LogP contribution >= 0.6 is 0 Å². The van der Waals surface area contributed by atoms with Crippen molar-refractivity contribution in [1.82, 2.24) is 4.98 Å². The Morgan fingerprint density at radius 1 is 0.963 bits per heavy atom. The molecule has 1 heterocycles. The van der Waals surface area contributed by atoms with E-state index in [2.05, 4.69) is 15.6 Å². The van der Waals surface area contributed by atoms with Crippen molar-refractivity contribution in [2.75, 3.05) is 29.6 Å². The zero-order valence-corrected chi connectivity index (χ0v) is 14.8. The highest BCUT2D eigenvalue weighted by Crippen LogP contribution is 2.21. The first-order valence-electron chi connectivity index (χ1n) is 8.18. The molecule has 138 valence electrons. The van der Waals surface area contributed by atoms with Crippen LogP contribution in [0, 0.1) is 11.6 Å². The highest BCUT2D eigenvalue weighted by Gasteiger charge is 2.11. The molecule has 0 spiro atoms. The van der Waals surface area contributed by atoms with Gasteiger partial charge < -0.3 is 15.5 Å². The molecule has 0 atom stereocenters. The van der Waals surface area contributed by atoms with Gasteiger partial charge in [0.05, 0.1) is 23.1 Å². The number of carbonyl (C=O) groups excluding carboxylic acids is 1. The summed E-state index contributed by atoms with van der Waals surface area (Å²) in [5.74, 6) is -2.09. The Morgan fingerprint density at radius 2 is 1.70 bits per heavy atom. The SMILES string of the molecule is CN(C)c1ccc(Nc2cncc(C(=O)Nc3ccc(F)cc3F)c2)cc1. The number of rotatable bonds is 5. The number of hydrogen-bond donors (Lipinski definition) is 2. The molecule has 27 heavy (non-hydrogen) atoms. The second-order valence-electron chi connectivity index (χ2n) is 6.11. The summed E-state index contributed by atoms with van der Waals surface area (Å²) in [4.78, 5) is 18.4. The Hall–Kier alpha value is -3.48. The number of amides is 1. The number of carbonyl (C=O) groups is 1. The maximum absolute atomic E-state index is 13.7. The predicted molar refractivity (Wildman–Crippen MR) is 103 cm³/mol. The van der Waals surface area contributed by atoms with Crippen molar-refractivity contribution < 1.29 is 13.6 Å². The quantitative estimate of drug-likeness (QED) is 0.700. The molecule has 0 aliphatic heterocycles. The molecule has 2 aromatic carbocycles. The molecular weight excluding hydrogens is 350 g/mol. The van der Waals surface area contributed by atoms with Gasteiger partial charge >= 0.3 is 0 Å². The molecule has 2 N–H and O–H groups in total. The molecule has 0 bridgehead atoms. The van der Waals surface area contributed by atoms with Crippen molar-refractivity contribution in [3.05, 3.63) is 78.1 Å². The topological polar surface area (TPSA) is 57.3 Å². The fourth-order valence-corrected chi connectivity index (χ4v) is 2.43. The highest BCUT2D eigenvalue weighted by molar-refractivity contribution is 6.04. The van der Waals surface area contributed by atoms with Crippen LogP contribution in [0.5, 0.6) is 0 Å². The second-order valence-corrected chi connectivity index (χ2v) is 6.11. The highest BCUT2D eigenvalue weighted by atomic mass is 19.1. The number of nitrogens with zero attached hydrogens (tertiary/aromatic N) is 2. The van der Waals surface area contributed by atoms with Gasteiger partial charge in [-0.05, 0) is 42.5 Å². The van der Waals surface area contributed by atoms with E-state index in [0.29, 0.717) is 11.8 Å². The van der Waals surface area contributed by atoms with Crippen LogP contribution in [0.4, 0.5) is 31.5 Å². The van der Waals surface area contributed by atoms with Crippen LogP contribution < -0.4 is 15.5 Å². The van der Waals surface area contributed by atoms with Gasteiger partial charge in [-0.2, -0.15) is 0 Å². The third kappa shape index (κ3) is 4.58. The summed E-state index contributed by atoms with van der Waals surface area (Å²) in [5.41, 5.74) is 2.66. The van der Waals surface area contributed by atoms with Gasteiger partial charge in [-0.1, -0.05) is 0 Å². The van der Waals surface area contributed by atoms with Crippen LogP contribution in [0.15, 0.2) is 60.9 Å². The summed E-state index contributed by atoms with van der Waals surface area (Å²) in [6.07, 6.45) is 2.95. The standard InChI is InChI=1S/C20H18F2N4O/c1-26(2)17-6-4-15(5-7-17)24-16-9-13(11-23-12-16)20(27)25-19-8-3-14(21)10-18(19)22/h3-12,24H,1-2H3,(H,25,27). The molecule has 0 fully saturated rings. The van der Waals surface area contributed by atoms with Gasteiger partial charge in [0.15, 0.2) is 0 Å². The monoisotopic (exact) mass is 368 g/mol. The van der Waals surface area contributed by atoms with Gasteiger partial charge in [0, 0.05) is 37.7 Å². The minimum atomic E-state index is -0.841. The average Bonchev–Trinajstić information content (AvgIpc) is 2.64. The summed E-state index contributed by atoms with van der Waals surface area (Å²) in [6.45, 7) is 0. The van der Waals surface area contributed by atoms with E-state index in [1.807, 2.05) is 43.3 Å². The van der Waals surface area contributed by atoms with E-state index in [4.69, 9.17) is 0 Å². The second kappa shape index (κ2) is 7.82. The number of hydrogen-bond acceptors (Lipinski definition) is 4. The Morgan fingerprint density at radius 3 is 2.37 bits per heavy atom. The van der Waals surface area contributed by atoms with E-state index in [0.717, 1.165) is 17.4 Å². The normalized spacial score (nSPS) is 10.4. The lowest BCUT2D eigenvalue weighted by Crippen LogP contribution is -2.13. The van der Waals surface area contributed by atoms with E-state index in [1.54, 1.807) is 12.3 Å². The Labute approximate surface area is 155 Å². The molecule has 5 nitrogen and oxygen atoms in total. The fraction of sp³-hybridized carbons (Fsp3) is 0.100. The lowest BCUT2D eigenvalue weighted by Gasteiger charge is -2.13. The third-order valence-corrected chi connectivity index (χ3v) is 3.85. The zero-order valence-electron chi connectivity index (χ0n) is 14.8. The molecule has 1 aromatic heterocycles. The first-order valence-corrected chi connectivity index (χ1v) is 8.18. The molecule has 0 saturated heterocycles. The van der Waals surface area contributed by atoms with Gasteiger partial charge in [0.2, 0.25) is 0 Å². The molecule has 0 aliphatic rings. The maximum atomic E-state index is 13.7. The summed E-state index contributed by atoms with van der Waals surface area (Å²) in [5, 5.41) is 5.57. The minimum Gasteiger partial charge on any atom is -0.378 e. The van der Waals surface area contributed by atoms with E-state index in [1.165, 1.54) is 12.3 Å². The van der Waals surface area contributed by atoms with E-state index >= 15 is 0 Å². The molecule has 3 rings (SSSR count). The molecule has 7 heteroatoms. The van der Waals surface area contributed by atoms with Gasteiger partial charge in [0.25, 0.3) is 5.91 Å². The Bertz CT molecular complexity index is 958. The van der Waals surface area contributed by atoms with Crippen LogP contribution in [-0.4, -0.2) is 25.0 Å². The number of pyridine rings is 1. The van der Waals surface area contributed by atoms with Crippen molar-refractivity contribution in [3.8, 4) is 0 Å². The largest absolute Gasteiger partial charge is 0.378 e. The molecule has 1 amide bonds. The van der Waals surface area contributed by atoms with Crippen LogP contribution in [-0.2, 0) is 0 Å². The van der Waals surface area contributed by atoms with Crippen molar-refractivity contribution in [1.29, 1.82) is 0 Å². The number of nitrogens with one attached hydrogen (secondary N) is 2. The lowest BCUT2D eigenvalue weighted by atomic mass is 10.2. The number of halogens is 2. The lowest BCUT2D eigenvalue weighted by molar-refractivity contribution is 0.102.